The van der Waals surface area contributed by atoms with E-state index >= 15 is 0 Å². The van der Waals surface area contributed by atoms with E-state index in [2.05, 4.69) is 10.3 Å². The Labute approximate surface area is 170 Å². The Morgan fingerprint density at radius 1 is 1.41 bits per heavy atom. The highest BCUT2D eigenvalue weighted by Crippen LogP contribution is 2.29. The predicted molar refractivity (Wildman–Crippen MR) is 110 cm³/mol. The maximum Gasteiger partial charge on any atom is 0.414 e. The van der Waals surface area contributed by atoms with Crippen molar-refractivity contribution >= 4 is 29.7 Å². The van der Waals surface area contributed by atoms with Crippen molar-refractivity contribution in [3.8, 4) is 0 Å². The van der Waals surface area contributed by atoms with Crippen LogP contribution in [-0.2, 0) is 9.53 Å². The van der Waals surface area contributed by atoms with Crippen LogP contribution in [0.25, 0.3) is 0 Å². The number of nitrogens with zero attached hydrogens (tertiary/aromatic N) is 4. The van der Waals surface area contributed by atoms with E-state index in [9.17, 15) is 14.0 Å². The van der Waals surface area contributed by atoms with Gasteiger partial charge in [-0.15, -0.1) is 0 Å². The van der Waals surface area contributed by atoms with Crippen molar-refractivity contribution in [2.24, 2.45) is 4.99 Å². The van der Waals surface area contributed by atoms with Gasteiger partial charge in [-0.1, -0.05) is 0 Å². The van der Waals surface area contributed by atoms with Gasteiger partial charge in [-0.2, -0.15) is 0 Å². The number of hydrogen-bond acceptors (Lipinski definition) is 5. The lowest BCUT2D eigenvalue weighted by Gasteiger charge is -2.33. The summed E-state index contributed by atoms with van der Waals surface area (Å²) in [5.74, 6) is -0.567. The molecule has 3 rings (SSSR count). The molecule has 2 aliphatic rings. The van der Waals surface area contributed by atoms with Gasteiger partial charge in [0.1, 0.15) is 11.9 Å². The molecule has 1 N–H and O–H groups in total. The zero-order valence-electron chi connectivity index (χ0n) is 17.1. The van der Waals surface area contributed by atoms with Crippen LogP contribution in [0.5, 0.6) is 0 Å². The number of ether oxygens (including phenoxy) is 1. The van der Waals surface area contributed by atoms with Gasteiger partial charge in [0.05, 0.1) is 36.8 Å². The van der Waals surface area contributed by atoms with Crippen LogP contribution >= 0.6 is 0 Å². The van der Waals surface area contributed by atoms with Gasteiger partial charge in [0, 0.05) is 34.1 Å². The molecule has 2 atom stereocenters. The van der Waals surface area contributed by atoms with E-state index in [1.165, 1.54) is 17.9 Å². The van der Waals surface area contributed by atoms with Gasteiger partial charge in [0.25, 0.3) is 0 Å². The SMILES string of the molecule is CC(=O)NC[C@H]1CN(c2ccc(N3CCCC(N=CN(C)C)C3)c(F)c2)C(=O)O1. The summed E-state index contributed by atoms with van der Waals surface area (Å²) in [5, 5.41) is 2.63. The molecule has 0 radical (unpaired) electrons. The van der Waals surface area contributed by atoms with Crippen LogP contribution in [-0.4, -0.2) is 75.7 Å². The Hall–Kier alpha value is -2.84. The van der Waals surface area contributed by atoms with Crippen molar-refractivity contribution in [2.45, 2.75) is 31.9 Å². The van der Waals surface area contributed by atoms with Crippen molar-refractivity contribution in [3.63, 3.8) is 0 Å². The minimum Gasteiger partial charge on any atom is -0.442 e. The maximum atomic E-state index is 14.9. The number of cyclic esters (lactones) is 1. The first kappa shape index (κ1) is 20.9. The number of carbonyl (C=O) groups is 2. The number of aliphatic imine (C=N–C) groups is 1. The average molecular weight is 405 g/mol. The number of anilines is 2. The van der Waals surface area contributed by atoms with Crippen molar-refractivity contribution in [3.05, 3.63) is 24.0 Å². The molecule has 0 bridgehead atoms. The van der Waals surface area contributed by atoms with Gasteiger partial charge < -0.3 is 19.9 Å². The van der Waals surface area contributed by atoms with Gasteiger partial charge in [-0.05, 0) is 31.0 Å². The monoisotopic (exact) mass is 405 g/mol. The quantitative estimate of drug-likeness (QED) is 0.577. The van der Waals surface area contributed by atoms with Gasteiger partial charge >= 0.3 is 6.09 Å². The fourth-order valence-electron chi connectivity index (χ4n) is 3.54. The highest BCUT2D eigenvalue weighted by atomic mass is 19.1. The van der Waals surface area contributed by atoms with Gasteiger partial charge in [0.15, 0.2) is 0 Å². The number of amides is 2. The van der Waals surface area contributed by atoms with E-state index in [1.807, 2.05) is 23.9 Å². The zero-order valence-corrected chi connectivity index (χ0v) is 17.1. The molecule has 2 heterocycles. The van der Waals surface area contributed by atoms with Crippen molar-refractivity contribution in [1.29, 1.82) is 0 Å². The first-order valence-electron chi connectivity index (χ1n) is 9.80. The predicted octanol–water partition coefficient (Wildman–Crippen LogP) is 1.85. The second-order valence-corrected chi connectivity index (χ2v) is 7.66. The van der Waals surface area contributed by atoms with Crippen molar-refractivity contribution < 1.29 is 18.7 Å². The Balaban J connectivity index is 1.67. The van der Waals surface area contributed by atoms with Crippen molar-refractivity contribution in [2.75, 3.05) is 50.1 Å². The molecule has 2 amide bonds. The summed E-state index contributed by atoms with van der Waals surface area (Å²) in [6.45, 7) is 3.34. The lowest BCUT2D eigenvalue weighted by molar-refractivity contribution is -0.119. The summed E-state index contributed by atoms with van der Waals surface area (Å²) >= 11 is 0. The molecule has 0 aromatic heterocycles. The standard InChI is InChI=1S/C20H28FN5O3/c1-14(27)22-10-17-12-26(20(28)29-17)16-6-7-19(18(21)9-16)25-8-4-5-15(11-25)23-13-24(2)3/h6-7,9,13,15,17H,4-5,8,10-12H2,1-3H3,(H,22,27)/t15?,17-/m0/s1. The largest absolute Gasteiger partial charge is 0.442 e. The lowest BCUT2D eigenvalue weighted by atomic mass is 10.1. The number of hydrogen-bond donors (Lipinski definition) is 1. The van der Waals surface area contributed by atoms with E-state index < -0.39 is 12.2 Å². The number of benzene rings is 1. The van der Waals surface area contributed by atoms with Crippen LogP contribution in [0.3, 0.4) is 0 Å². The molecule has 1 aromatic carbocycles. The van der Waals surface area contributed by atoms with E-state index in [0.29, 0.717) is 17.9 Å². The highest BCUT2D eigenvalue weighted by molar-refractivity contribution is 5.90. The van der Waals surface area contributed by atoms with E-state index in [1.54, 1.807) is 18.5 Å². The number of halogens is 1. The Bertz CT molecular complexity index is 785. The number of nitrogens with one attached hydrogen (secondary N) is 1. The third-order valence-corrected chi connectivity index (χ3v) is 4.94. The Kier molecular flexibility index (Phi) is 6.56. The first-order valence-corrected chi connectivity index (χ1v) is 9.80. The molecular weight excluding hydrogens is 377 g/mol. The van der Waals surface area contributed by atoms with Gasteiger partial charge in [-0.25, -0.2) is 9.18 Å². The molecule has 158 valence electrons. The third kappa shape index (κ3) is 5.36. The van der Waals surface area contributed by atoms with E-state index in [4.69, 9.17) is 4.74 Å². The molecule has 2 aliphatic heterocycles. The molecule has 29 heavy (non-hydrogen) atoms. The summed E-state index contributed by atoms with van der Waals surface area (Å²) in [6, 6.07) is 4.93. The fraction of sp³-hybridized carbons (Fsp3) is 0.550. The normalized spacial score (nSPS) is 22.1. The smallest absolute Gasteiger partial charge is 0.414 e. The van der Waals surface area contributed by atoms with Crippen LogP contribution in [0.4, 0.5) is 20.6 Å². The van der Waals surface area contributed by atoms with E-state index in [0.717, 1.165) is 19.4 Å². The first-order chi connectivity index (χ1) is 13.8. The molecule has 0 spiro atoms. The van der Waals surface area contributed by atoms with E-state index in [-0.39, 0.29) is 30.9 Å². The summed E-state index contributed by atoms with van der Waals surface area (Å²) in [7, 11) is 3.85. The highest BCUT2D eigenvalue weighted by Gasteiger charge is 2.33. The topological polar surface area (TPSA) is 77.5 Å². The minimum absolute atomic E-state index is 0.133. The van der Waals surface area contributed by atoms with Crippen LogP contribution in [0.1, 0.15) is 19.8 Å². The molecule has 2 fully saturated rings. The number of carbonyl (C=O) groups excluding carboxylic acids is 2. The second kappa shape index (κ2) is 9.11. The van der Waals surface area contributed by atoms with Gasteiger partial charge in [0.2, 0.25) is 5.91 Å². The third-order valence-electron chi connectivity index (χ3n) is 4.94. The molecule has 1 aromatic rings. The second-order valence-electron chi connectivity index (χ2n) is 7.66. The summed E-state index contributed by atoms with van der Waals surface area (Å²) < 4.78 is 20.1. The molecule has 0 saturated carbocycles. The summed E-state index contributed by atoms with van der Waals surface area (Å²) in [6.07, 6.45) is 2.73. The number of piperidine rings is 1. The summed E-state index contributed by atoms with van der Waals surface area (Å²) in [4.78, 5) is 33.0. The molecule has 0 aliphatic carbocycles. The maximum absolute atomic E-state index is 14.9. The zero-order chi connectivity index (χ0) is 21.0. The van der Waals surface area contributed by atoms with Crippen LogP contribution < -0.4 is 15.1 Å². The summed E-state index contributed by atoms with van der Waals surface area (Å²) in [5.41, 5.74) is 0.960. The molecule has 9 heteroatoms. The lowest BCUT2D eigenvalue weighted by Crippen LogP contribution is -2.38. The van der Waals surface area contributed by atoms with Crippen LogP contribution in [0, 0.1) is 5.82 Å². The van der Waals surface area contributed by atoms with Gasteiger partial charge in [-0.3, -0.25) is 14.7 Å². The molecule has 1 unspecified atom stereocenters. The Morgan fingerprint density at radius 3 is 2.90 bits per heavy atom. The minimum atomic E-state index is -0.538. The van der Waals surface area contributed by atoms with Crippen LogP contribution in [0.15, 0.2) is 23.2 Å². The molecular formula is C20H28FN5O3. The average Bonchev–Trinajstić information content (AvgIpc) is 3.05. The number of rotatable bonds is 6. The van der Waals surface area contributed by atoms with Crippen molar-refractivity contribution in [1.82, 2.24) is 10.2 Å². The molecule has 2 saturated heterocycles. The molecule has 8 nitrogen and oxygen atoms in total. The van der Waals surface area contributed by atoms with Crippen LogP contribution in [0.2, 0.25) is 0 Å². The fourth-order valence-corrected chi connectivity index (χ4v) is 3.54. The Morgan fingerprint density at radius 2 is 2.21 bits per heavy atom.